The van der Waals surface area contributed by atoms with Gasteiger partial charge >= 0.3 is 11.7 Å². The first-order chi connectivity index (χ1) is 9.95. The number of alkyl halides is 3. The molecule has 1 aromatic carbocycles. The molecular weight excluding hydrogens is 366 g/mol. The predicted molar refractivity (Wildman–Crippen MR) is 75.7 cm³/mol. The highest BCUT2D eigenvalue weighted by atomic mass is 35.6. The van der Waals surface area contributed by atoms with Crippen molar-refractivity contribution in [2.75, 3.05) is 0 Å². The topological polar surface area (TPSA) is 130 Å². The lowest BCUT2D eigenvalue weighted by molar-refractivity contribution is -0.394. The molecular formula is C10H5Cl3N2O7. The third kappa shape index (κ3) is 4.03. The first kappa shape index (κ1) is 18.1. The summed E-state index contributed by atoms with van der Waals surface area (Å²) in [5.74, 6) is -3.16. The minimum Gasteiger partial charge on any atom is -0.415 e. The monoisotopic (exact) mass is 370 g/mol. The van der Waals surface area contributed by atoms with E-state index in [-0.39, 0.29) is 0 Å². The maximum Gasteiger partial charge on any atom is 0.364 e. The van der Waals surface area contributed by atoms with Crippen molar-refractivity contribution in [2.45, 2.75) is 10.7 Å². The number of rotatable bonds is 4. The molecule has 0 atom stereocenters. The number of nitro groups is 2. The Kier molecular flexibility index (Phi) is 5.28. The van der Waals surface area contributed by atoms with Crippen LogP contribution in [0.5, 0.6) is 5.75 Å². The van der Waals surface area contributed by atoms with Gasteiger partial charge in [-0.2, -0.15) is 0 Å². The Morgan fingerprint density at radius 3 is 2.05 bits per heavy atom. The Morgan fingerprint density at radius 1 is 1.14 bits per heavy atom. The van der Waals surface area contributed by atoms with Crippen molar-refractivity contribution >= 4 is 57.9 Å². The predicted octanol–water partition coefficient (Wildman–Crippen LogP) is 2.98. The van der Waals surface area contributed by atoms with E-state index >= 15 is 0 Å². The third-order valence-corrected chi connectivity index (χ3v) is 2.73. The molecule has 0 spiro atoms. The molecule has 1 aromatic rings. The molecule has 0 radical (unpaired) electrons. The zero-order valence-electron chi connectivity index (χ0n) is 10.5. The fourth-order valence-corrected chi connectivity index (χ4v) is 1.47. The van der Waals surface area contributed by atoms with Gasteiger partial charge in [0, 0.05) is 6.07 Å². The van der Waals surface area contributed by atoms with Crippen LogP contribution in [0.25, 0.3) is 0 Å². The second kappa shape index (κ2) is 6.42. The lowest BCUT2D eigenvalue weighted by atomic mass is 10.1. The van der Waals surface area contributed by atoms with E-state index in [1.807, 2.05) is 0 Å². The van der Waals surface area contributed by atoms with Crippen LogP contribution in [-0.4, -0.2) is 25.4 Å². The van der Waals surface area contributed by atoms with Crippen molar-refractivity contribution in [3.05, 3.63) is 37.9 Å². The molecule has 0 fully saturated rings. The van der Waals surface area contributed by atoms with Gasteiger partial charge in [-0.15, -0.1) is 0 Å². The van der Waals surface area contributed by atoms with E-state index in [1.165, 1.54) is 0 Å². The Balaban J connectivity index is 3.59. The zero-order chi connectivity index (χ0) is 17.2. The van der Waals surface area contributed by atoms with Crippen molar-refractivity contribution < 1.29 is 24.2 Å². The Bertz CT molecular complexity index is 649. The van der Waals surface area contributed by atoms with Crippen LogP contribution >= 0.6 is 34.8 Å². The van der Waals surface area contributed by atoms with Gasteiger partial charge in [0.1, 0.15) is 0 Å². The standard InChI is InChI=1S/C10H5Cl3N2O7/c1-4(16)6-2-5(14(18)19)3-7(15(20)21)8(6)22-9(17)10(11,12)13/h2-3H,1H3. The lowest BCUT2D eigenvalue weighted by Crippen LogP contribution is -2.26. The Hall–Kier alpha value is -1.97. The van der Waals surface area contributed by atoms with Crippen LogP contribution in [0.3, 0.4) is 0 Å². The molecule has 118 valence electrons. The van der Waals surface area contributed by atoms with E-state index in [9.17, 15) is 29.8 Å². The van der Waals surface area contributed by atoms with E-state index in [0.29, 0.717) is 6.07 Å². The number of non-ortho nitro benzene ring substituents is 1. The van der Waals surface area contributed by atoms with E-state index < -0.39 is 48.1 Å². The second-order valence-corrected chi connectivity index (χ2v) is 6.08. The molecule has 0 aliphatic carbocycles. The molecule has 1 rings (SSSR count). The number of ketones is 1. The van der Waals surface area contributed by atoms with E-state index in [1.54, 1.807) is 0 Å². The van der Waals surface area contributed by atoms with Gasteiger partial charge in [0.2, 0.25) is 5.75 Å². The number of nitro benzene ring substituents is 2. The van der Waals surface area contributed by atoms with Crippen molar-refractivity contribution in [1.29, 1.82) is 0 Å². The van der Waals surface area contributed by atoms with E-state index in [2.05, 4.69) is 4.74 Å². The van der Waals surface area contributed by atoms with Gasteiger partial charge < -0.3 is 4.74 Å². The van der Waals surface area contributed by atoms with Crippen LogP contribution in [0, 0.1) is 20.2 Å². The van der Waals surface area contributed by atoms with Crippen LogP contribution in [0.4, 0.5) is 11.4 Å². The van der Waals surface area contributed by atoms with Gasteiger partial charge in [-0.25, -0.2) is 4.79 Å². The first-order valence-corrected chi connectivity index (χ1v) is 6.35. The summed E-state index contributed by atoms with van der Waals surface area (Å²) in [5.41, 5.74) is -2.28. The quantitative estimate of drug-likeness (QED) is 0.198. The summed E-state index contributed by atoms with van der Waals surface area (Å²) in [6, 6.07) is 1.24. The molecule has 12 heteroatoms. The summed E-state index contributed by atoms with van der Waals surface area (Å²) in [7, 11) is 0. The zero-order valence-corrected chi connectivity index (χ0v) is 12.8. The summed E-state index contributed by atoms with van der Waals surface area (Å²) < 4.78 is 2.03. The Labute approximate surface area is 137 Å². The third-order valence-electron chi connectivity index (χ3n) is 2.27. The van der Waals surface area contributed by atoms with Crippen LogP contribution in [-0.2, 0) is 4.79 Å². The minimum atomic E-state index is -2.55. The fraction of sp³-hybridized carbons (Fsp3) is 0.200. The summed E-state index contributed by atoms with van der Waals surface area (Å²) in [5, 5.41) is 21.7. The van der Waals surface area contributed by atoms with Crippen LogP contribution in [0.2, 0.25) is 0 Å². The molecule has 0 amide bonds. The van der Waals surface area contributed by atoms with Crippen molar-refractivity contribution in [2.24, 2.45) is 0 Å². The van der Waals surface area contributed by atoms with Gasteiger partial charge in [-0.1, -0.05) is 34.8 Å². The van der Waals surface area contributed by atoms with Crippen molar-refractivity contribution in [3.63, 3.8) is 0 Å². The number of carbonyl (C=O) groups excluding carboxylic acids is 2. The number of halogens is 3. The summed E-state index contributed by atoms with van der Waals surface area (Å²) >= 11 is 15.8. The van der Waals surface area contributed by atoms with Crippen LogP contribution in [0.1, 0.15) is 17.3 Å². The molecule has 0 aromatic heterocycles. The van der Waals surface area contributed by atoms with Crippen LogP contribution < -0.4 is 4.74 Å². The second-order valence-electron chi connectivity index (χ2n) is 3.80. The molecule has 0 heterocycles. The SMILES string of the molecule is CC(=O)c1cc([N+](=O)[O-])cc([N+](=O)[O-])c1OC(=O)C(Cl)(Cl)Cl. The molecule has 0 saturated carbocycles. The Morgan fingerprint density at radius 2 is 1.68 bits per heavy atom. The highest BCUT2D eigenvalue weighted by Crippen LogP contribution is 2.38. The smallest absolute Gasteiger partial charge is 0.364 e. The highest BCUT2D eigenvalue weighted by Gasteiger charge is 2.37. The number of carbonyl (C=O) groups is 2. The molecule has 0 saturated heterocycles. The summed E-state index contributed by atoms with van der Waals surface area (Å²) in [4.78, 5) is 42.7. The minimum absolute atomic E-state index is 0.521. The molecule has 0 bridgehead atoms. The number of hydrogen-bond acceptors (Lipinski definition) is 7. The highest BCUT2D eigenvalue weighted by molar-refractivity contribution is 6.75. The van der Waals surface area contributed by atoms with Crippen molar-refractivity contribution in [1.82, 2.24) is 0 Å². The molecule has 9 nitrogen and oxygen atoms in total. The van der Waals surface area contributed by atoms with E-state index in [4.69, 9.17) is 34.8 Å². The fourth-order valence-electron chi connectivity index (χ4n) is 1.36. The normalized spacial score (nSPS) is 10.9. The van der Waals surface area contributed by atoms with Gasteiger partial charge in [0.05, 0.1) is 21.5 Å². The number of esters is 1. The maximum atomic E-state index is 11.5. The summed E-state index contributed by atoms with van der Waals surface area (Å²) in [6.07, 6.45) is 0. The van der Waals surface area contributed by atoms with Crippen LogP contribution in [0.15, 0.2) is 12.1 Å². The van der Waals surface area contributed by atoms with Gasteiger partial charge in [-0.3, -0.25) is 25.0 Å². The molecule has 22 heavy (non-hydrogen) atoms. The number of benzene rings is 1. The van der Waals surface area contributed by atoms with Gasteiger partial charge in [-0.05, 0) is 6.92 Å². The van der Waals surface area contributed by atoms with Gasteiger partial charge in [0.25, 0.3) is 9.48 Å². The lowest BCUT2D eigenvalue weighted by Gasteiger charge is -2.12. The van der Waals surface area contributed by atoms with Crippen molar-refractivity contribution in [3.8, 4) is 5.75 Å². The number of hydrogen-bond donors (Lipinski definition) is 0. The summed E-state index contributed by atoms with van der Waals surface area (Å²) in [6.45, 7) is 0.968. The van der Waals surface area contributed by atoms with E-state index in [0.717, 1.165) is 13.0 Å². The maximum absolute atomic E-state index is 11.5. The molecule has 0 N–H and O–H groups in total. The largest absolute Gasteiger partial charge is 0.415 e. The molecule has 0 aliphatic heterocycles. The number of Topliss-reactive ketones (excluding diaryl/α,β-unsaturated/α-hetero) is 1. The first-order valence-electron chi connectivity index (χ1n) is 5.22. The average molecular weight is 372 g/mol. The molecule has 0 unspecified atom stereocenters. The molecule has 0 aliphatic rings. The number of nitrogens with zero attached hydrogens (tertiary/aromatic N) is 2. The number of ether oxygens (including phenoxy) is 1. The van der Waals surface area contributed by atoms with Gasteiger partial charge in [0.15, 0.2) is 5.78 Å². The average Bonchev–Trinajstić information content (AvgIpc) is 2.36.